The fourth-order valence-electron chi connectivity index (χ4n) is 1.62. The molecular formula is C13H21NO2S. The fraction of sp³-hybridized carbons (Fsp3) is 0.538. The first-order valence-corrected chi connectivity index (χ1v) is 6.75. The van der Waals surface area contributed by atoms with Gasteiger partial charge in [-0.25, -0.2) is 0 Å². The third kappa shape index (κ3) is 4.58. The third-order valence-corrected chi connectivity index (χ3v) is 4.13. The Morgan fingerprint density at radius 3 is 2.47 bits per heavy atom. The molecular weight excluding hydrogens is 234 g/mol. The van der Waals surface area contributed by atoms with Gasteiger partial charge in [-0.2, -0.15) is 0 Å². The van der Waals surface area contributed by atoms with Crippen LogP contribution in [0.4, 0.5) is 0 Å². The Morgan fingerprint density at radius 1 is 1.35 bits per heavy atom. The highest BCUT2D eigenvalue weighted by molar-refractivity contribution is 8.00. The Kier molecular flexibility index (Phi) is 6.40. The number of hydrogen-bond acceptors (Lipinski definition) is 4. The predicted octanol–water partition coefficient (Wildman–Crippen LogP) is 2.20. The van der Waals surface area contributed by atoms with Gasteiger partial charge in [-0.1, -0.05) is 19.1 Å². The molecule has 0 spiro atoms. The van der Waals surface area contributed by atoms with E-state index < -0.39 is 0 Å². The second-order valence-electron chi connectivity index (χ2n) is 3.96. The van der Waals surface area contributed by atoms with E-state index in [1.165, 1.54) is 5.56 Å². The fourth-order valence-corrected chi connectivity index (χ4v) is 2.85. The maximum atomic E-state index is 8.90. The van der Waals surface area contributed by atoms with Crippen LogP contribution >= 0.6 is 11.8 Å². The number of aliphatic hydroxyl groups excluding tert-OH is 1. The van der Waals surface area contributed by atoms with Crippen LogP contribution in [0.2, 0.25) is 0 Å². The van der Waals surface area contributed by atoms with Gasteiger partial charge in [0.15, 0.2) is 0 Å². The maximum absolute atomic E-state index is 8.90. The molecule has 17 heavy (non-hydrogen) atoms. The van der Waals surface area contributed by atoms with E-state index >= 15 is 0 Å². The average molecular weight is 255 g/mol. The summed E-state index contributed by atoms with van der Waals surface area (Å²) in [5.74, 6) is 0.859. The van der Waals surface area contributed by atoms with Crippen molar-refractivity contribution in [1.82, 2.24) is 0 Å². The Hall–Kier alpha value is -0.710. The zero-order valence-electron chi connectivity index (χ0n) is 10.4. The predicted molar refractivity (Wildman–Crippen MR) is 73.5 cm³/mol. The van der Waals surface area contributed by atoms with E-state index in [1.807, 2.05) is 23.9 Å². The highest BCUT2D eigenvalue weighted by Gasteiger charge is 2.14. The highest BCUT2D eigenvalue weighted by atomic mass is 32.2. The van der Waals surface area contributed by atoms with Crippen molar-refractivity contribution in [3.63, 3.8) is 0 Å². The van der Waals surface area contributed by atoms with Gasteiger partial charge in [0.2, 0.25) is 0 Å². The summed E-state index contributed by atoms with van der Waals surface area (Å²) in [6, 6.07) is 8.01. The number of benzene rings is 1. The lowest BCUT2D eigenvalue weighted by Gasteiger charge is -2.19. The maximum Gasteiger partial charge on any atom is 0.118 e. The minimum atomic E-state index is 0.230. The van der Waals surface area contributed by atoms with Crippen LogP contribution in [0.25, 0.3) is 0 Å². The number of hydrogen-bond donors (Lipinski definition) is 2. The zero-order chi connectivity index (χ0) is 12.7. The molecule has 3 N–H and O–H groups in total. The molecule has 2 unspecified atom stereocenters. The number of methoxy groups -OCH3 is 1. The number of aliphatic hydroxyl groups is 1. The molecule has 0 saturated heterocycles. The molecule has 0 amide bonds. The average Bonchev–Trinajstić information content (AvgIpc) is 2.36. The molecule has 3 nitrogen and oxygen atoms in total. The van der Waals surface area contributed by atoms with E-state index in [1.54, 1.807) is 7.11 Å². The summed E-state index contributed by atoms with van der Waals surface area (Å²) in [7, 11) is 1.66. The van der Waals surface area contributed by atoms with E-state index in [0.717, 1.165) is 12.2 Å². The van der Waals surface area contributed by atoms with E-state index in [4.69, 9.17) is 15.6 Å². The molecule has 1 rings (SSSR count). The standard InChI is InChI=1S/C13H21NO2S/c1-10(7-8-15)17-13(9-14)11-3-5-12(16-2)6-4-11/h3-6,10,13,15H,7-9,14H2,1-2H3. The van der Waals surface area contributed by atoms with E-state index in [-0.39, 0.29) is 11.9 Å². The largest absolute Gasteiger partial charge is 0.497 e. The molecule has 0 bridgehead atoms. The lowest BCUT2D eigenvalue weighted by atomic mass is 10.1. The SMILES string of the molecule is COc1ccc(C(CN)SC(C)CCO)cc1. The summed E-state index contributed by atoms with van der Waals surface area (Å²) in [5.41, 5.74) is 7.02. The van der Waals surface area contributed by atoms with Crippen molar-refractivity contribution < 1.29 is 9.84 Å². The third-order valence-electron chi connectivity index (χ3n) is 2.63. The van der Waals surface area contributed by atoms with Crippen molar-refractivity contribution in [2.75, 3.05) is 20.3 Å². The highest BCUT2D eigenvalue weighted by Crippen LogP contribution is 2.33. The molecule has 0 saturated carbocycles. The van der Waals surface area contributed by atoms with Gasteiger partial charge in [-0.05, 0) is 24.1 Å². The van der Waals surface area contributed by atoms with E-state index in [0.29, 0.717) is 11.8 Å². The first-order valence-electron chi connectivity index (χ1n) is 5.81. The molecule has 0 heterocycles. The van der Waals surface area contributed by atoms with Gasteiger partial charge in [-0.3, -0.25) is 0 Å². The van der Waals surface area contributed by atoms with Crippen molar-refractivity contribution in [1.29, 1.82) is 0 Å². The smallest absolute Gasteiger partial charge is 0.118 e. The topological polar surface area (TPSA) is 55.5 Å². The Morgan fingerprint density at radius 2 is 2.00 bits per heavy atom. The normalized spacial score (nSPS) is 14.4. The van der Waals surface area contributed by atoms with Crippen molar-refractivity contribution in [3.05, 3.63) is 29.8 Å². The van der Waals surface area contributed by atoms with Crippen LogP contribution < -0.4 is 10.5 Å². The van der Waals surface area contributed by atoms with Crippen molar-refractivity contribution in [3.8, 4) is 5.75 Å². The molecule has 0 aliphatic carbocycles. The molecule has 0 radical (unpaired) electrons. The monoisotopic (exact) mass is 255 g/mol. The summed E-state index contributed by atoms with van der Waals surface area (Å²) in [6.07, 6.45) is 0.803. The van der Waals surface area contributed by atoms with Crippen LogP contribution in [0.15, 0.2) is 24.3 Å². The molecule has 0 aromatic heterocycles. The quantitative estimate of drug-likeness (QED) is 0.784. The van der Waals surface area contributed by atoms with Crippen LogP contribution in [0.5, 0.6) is 5.75 Å². The van der Waals surface area contributed by atoms with Gasteiger partial charge in [0.1, 0.15) is 5.75 Å². The van der Waals surface area contributed by atoms with Gasteiger partial charge >= 0.3 is 0 Å². The summed E-state index contributed by atoms with van der Waals surface area (Å²) in [5, 5.41) is 9.59. The Balaban J connectivity index is 2.65. The minimum absolute atomic E-state index is 0.230. The second kappa shape index (κ2) is 7.58. The number of rotatable bonds is 7. The van der Waals surface area contributed by atoms with Gasteiger partial charge in [0, 0.05) is 23.7 Å². The number of ether oxygens (including phenoxy) is 1. The molecule has 0 aliphatic heterocycles. The molecule has 96 valence electrons. The van der Waals surface area contributed by atoms with Gasteiger partial charge in [0.05, 0.1) is 7.11 Å². The molecule has 1 aromatic rings. The first kappa shape index (κ1) is 14.4. The molecule has 2 atom stereocenters. The Bertz CT molecular complexity index is 316. The van der Waals surface area contributed by atoms with Crippen LogP contribution in [0.3, 0.4) is 0 Å². The van der Waals surface area contributed by atoms with E-state index in [2.05, 4.69) is 19.1 Å². The minimum Gasteiger partial charge on any atom is -0.497 e. The van der Waals surface area contributed by atoms with Crippen LogP contribution in [0.1, 0.15) is 24.2 Å². The van der Waals surface area contributed by atoms with Crippen LogP contribution in [-0.2, 0) is 0 Å². The summed E-state index contributed by atoms with van der Waals surface area (Å²) < 4.78 is 5.13. The number of thioether (sulfide) groups is 1. The van der Waals surface area contributed by atoms with E-state index in [9.17, 15) is 0 Å². The first-order chi connectivity index (χ1) is 8.21. The molecule has 0 aliphatic rings. The number of nitrogens with two attached hydrogens (primary N) is 1. The van der Waals surface area contributed by atoms with Crippen molar-refractivity contribution in [2.45, 2.75) is 23.8 Å². The van der Waals surface area contributed by atoms with Gasteiger partial charge < -0.3 is 15.6 Å². The zero-order valence-corrected chi connectivity index (χ0v) is 11.2. The van der Waals surface area contributed by atoms with Gasteiger partial charge in [0.25, 0.3) is 0 Å². The van der Waals surface area contributed by atoms with Crippen LogP contribution in [-0.4, -0.2) is 30.6 Å². The lowest BCUT2D eigenvalue weighted by Crippen LogP contribution is -2.13. The lowest BCUT2D eigenvalue weighted by molar-refractivity contribution is 0.289. The second-order valence-corrected chi connectivity index (χ2v) is 5.60. The molecule has 1 aromatic carbocycles. The summed E-state index contributed by atoms with van der Waals surface area (Å²) in [4.78, 5) is 0. The summed E-state index contributed by atoms with van der Waals surface area (Å²) in [6.45, 7) is 2.95. The van der Waals surface area contributed by atoms with Crippen LogP contribution in [0, 0.1) is 0 Å². The van der Waals surface area contributed by atoms with Crippen molar-refractivity contribution in [2.24, 2.45) is 5.73 Å². The van der Waals surface area contributed by atoms with Crippen molar-refractivity contribution >= 4 is 11.8 Å². The molecule has 4 heteroatoms. The summed E-state index contributed by atoms with van der Waals surface area (Å²) >= 11 is 1.81. The van der Waals surface area contributed by atoms with Gasteiger partial charge in [-0.15, -0.1) is 11.8 Å². The Labute approximate surface area is 107 Å². The molecule has 0 fully saturated rings.